The number of pyridine rings is 1. The predicted molar refractivity (Wildman–Crippen MR) is 102 cm³/mol. The standard InChI is InChI=1S/C21H27FN2O3/c1-21(2,3)27-20(25)24-16-6-8-17(26-13-16)7-4-14-10-11-23-19-9-5-15(22)12-18(14)19/h5,9-12,16-17H,4,6-8,13H2,1-3H3,(H,24,25)/t16-,17+/m0/s1. The van der Waals surface area contributed by atoms with E-state index in [4.69, 9.17) is 9.47 Å². The molecule has 2 heterocycles. The fourth-order valence-corrected chi connectivity index (χ4v) is 3.33. The first-order valence-corrected chi connectivity index (χ1v) is 9.44. The number of ether oxygens (including phenoxy) is 2. The van der Waals surface area contributed by atoms with Gasteiger partial charge in [-0.3, -0.25) is 4.98 Å². The number of aryl methyl sites for hydroxylation is 1. The van der Waals surface area contributed by atoms with Gasteiger partial charge >= 0.3 is 6.09 Å². The Morgan fingerprint density at radius 3 is 2.85 bits per heavy atom. The Kier molecular flexibility index (Phi) is 5.95. The highest BCUT2D eigenvalue weighted by atomic mass is 19.1. The summed E-state index contributed by atoms with van der Waals surface area (Å²) < 4.78 is 24.8. The average molecular weight is 374 g/mol. The number of rotatable bonds is 4. The van der Waals surface area contributed by atoms with Crippen molar-refractivity contribution in [3.8, 4) is 0 Å². The van der Waals surface area contributed by atoms with Crippen molar-refractivity contribution in [2.24, 2.45) is 0 Å². The molecule has 5 nitrogen and oxygen atoms in total. The summed E-state index contributed by atoms with van der Waals surface area (Å²) in [5.74, 6) is -0.248. The molecule has 0 spiro atoms. The molecule has 1 amide bonds. The summed E-state index contributed by atoms with van der Waals surface area (Å²) >= 11 is 0. The molecule has 0 unspecified atom stereocenters. The number of amides is 1. The van der Waals surface area contributed by atoms with Crippen LogP contribution >= 0.6 is 0 Å². The molecule has 0 saturated carbocycles. The molecule has 1 aromatic heterocycles. The van der Waals surface area contributed by atoms with Gasteiger partial charge in [0.2, 0.25) is 0 Å². The van der Waals surface area contributed by atoms with E-state index in [1.165, 1.54) is 6.07 Å². The molecular formula is C21H27FN2O3. The summed E-state index contributed by atoms with van der Waals surface area (Å²) in [5, 5.41) is 3.72. The van der Waals surface area contributed by atoms with Crippen molar-refractivity contribution in [3.05, 3.63) is 41.8 Å². The largest absolute Gasteiger partial charge is 0.444 e. The van der Waals surface area contributed by atoms with Crippen molar-refractivity contribution in [2.45, 2.75) is 64.2 Å². The fourth-order valence-electron chi connectivity index (χ4n) is 3.33. The van der Waals surface area contributed by atoms with Crippen molar-refractivity contribution in [2.75, 3.05) is 6.61 Å². The molecule has 1 N–H and O–H groups in total. The predicted octanol–water partition coefficient (Wildman–Crippen LogP) is 4.38. The number of fused-ring (bicyclic) bond motifs is 1. The van der Waals surface area contributed by atoms with Crippen molar-refractivity contribution >= 4 is 17.0 Å². The third-order valence-electron chi connectivity index (χ3n) is 4.62. The maximum absolute atomic E-state index is 13.6. The summed E-state index contributed by atoms with van der Waals surface area (Å²) in [7, 11) is 0. The van der Waals surface area contributed by atoms with Crippen molar-refractivity contribution in [1.29, 1.82) is 0 Å². The van der Waals surface area contributed by atoms with E-state index in [-0.39, 0.29) is 18.0 Å². The SMILES string of the molecule is CC(C)(C)OC(=O)N[C@H]1CC[C@@H](CCc2ccnc3ccc(F)cc23)OC1. The first-order valence-electron chi connectivity index (χ1n) is 9.44. The maximum atomic E-state index is 13.6. The van der Waals surface area contributed by atoms with Gasteiger partial charge in [-0.15, -0.1) is 0 Å². The molecule has 1 aliphatic rings. The average Bonchev–Trinajstić information content (AvgIpc) is 2.59. The van der Waals surface area contributed by atoms with E-state index in [2.05, 4.69) is 10.3 Å². The van der Waals surface area contributed by atoms with E-state index < -0.39 is 11.7 Å². The minimum absolute atomic E-state index is 0.0213. The second kappa shape index (κ2) is 8.21. The number of halogens is 1. The van der Waals surface area contributed by atoms with Gasteiger partial charge in [0.05, 0.1) is 24.3 Å². The molecule has 6 heteroatoms. The first kappa shape index (κ1) is 19.5. The molecule has 1 saturated heterocycles. The minimum atomic E-state index is -0.505. The Morgan fingerprint density at radius 2 is 2.15 bits per heavy atom. The molecule has 1 aromatic carbocycles. The Labute approximate surface area is 159 Å². The van der Waals surface area contributed by atoms with Crippen LogP contribution in [0.2, 0.25) is 0 Å². The quantitative estimate of drug-likeness (QED) is 0.863. The van der Waals surface area contributed by atoms with Gasteiger partial charge in [-0.1, -0.05) is 0 Å². The zero-order valence-corrected chi connectivity index (χ0v) is 16.1. The van der Waals surface area contributed by atoms with Crippen LogP contribution in [-0.4, -0.2) is 35.4 Å². The third-order valence-corrected chi connectivity index (χ3v) is 4.62. The summed E-state index contributed by atoms with van der Waals surface area (Å²) in [6.07, 6.45) is 4.88. The minimum Gasteiger partial charge on any atom is -0.444 e. The molecular weight excluding hydrogens is 347 g/mol. The molecule has 0 bridgehead atoms. The number of nitrogens with one attached hydrogen (secondary N) is 1. The lowest BCUT2D eigenvalue weighted by Gasteiger charge is -2.30. The number of nitrogens with zero attached hydrogens (tertiary/aromatic N) is 1. The van der Waals surface area contributed by atoms with Gasteiger partial charge in [-0.05, 0) is 76.3 Å². The Morgan fingerprint density at radius 1 is 1.33 bits per heavy atom. The van der Waals surface area contributed by atoms with Gasteiger partial charge in [-0.25, -0.2) is 9.18 Å². The van der Waals surface area contributed by atoms with E-state index in [9.17, 15) is 9.18 Å². The molecule has 27 heavy (non-hydrogen) atoms. The molecule has 146 valence electrons. The van der Waals surface area contributed by atoms with Crippen molar-refractivity contribution in [1.82, 2.24) is 10.3 Å². The van der Waals surface area contributed by atoms with Gasteiger partial charge in [0, 0.05) is 11.6 Å². The lowest BCUT2D eigenvalue weighted by Crippen LogP contribution is -2.44. The molecule has 1 aliphatic heterocycles. The van der Waals surface area contributed by atoms with Gasteiger partial charge < -0.3 is 14.8 Å². The molecule has 3 rings (SSSR count). The monoisotopic (exact) mass is 374 g/mol. The number of carbonyl (C=O) groups is 1. The van der Waals surface area contributed by atoms with Gasteiger partial charge in [-0.2, -0.15) is 0 Å². The van der Waals surface area contributed by atoms with Crippen LogP contribution in [0.1, 0.15) is 45.6 Å². The van der Waals surface area contributed by atoms with E-state index in [0.717, 1.165) is 42.1 Å². The van der Waals surface area contributed by atoms with Gasteiger partial charge in [0.25, 0.3) is 0 Å². The summed E-state index contributed by atoms with van der Waals surface area (Å²) in [6, 6.07) is 6.60. The smallest absolute Gasteiger partial charge is 0.407 e. The lowest BCUT2D eigenvalue weighted by atomic mass is 9.97. The Balaban J connectivity index is 1.49. The van der Waals surface area contributed by atoms with Crippen LogP contribution in [0.4, 0.5) is 9.18 Å². The second-order valence-corrected chi connectivity index (χ2v) is 8.05. The van der Waals surface area contributed by atoms with Crippen LogP contribution in [-0.2, 0) is 15.9 Å². The maximum Gasteiger partial charge on any atom is 0.407 e. The van der Waals surface area contributed by atoms with Crippen LogP contribution in [0.5, 0.6) is 0 Å². The number of benzene rings is 1. The number of hydrogen-bond acceptors (Lipinski definition) is 4. The number of aromatic nitrogens is 1. The molecule has 2 aromatic rings. The highest BCUT2D eigenvalue weighted by Gasteiger charge is 2.25. The third kappa shape index (κ3) is 5.63. The van der Waals surface area contributed by atoms with Gasteiger partial charge in [0.1, 0.15) is 11.4 Å². The Bertz CT molecular complexity index is 796. The molecule has 1 fully saturated rings. The zero-order valence-electron chi connectivity index (χ0n) is 16.1. The van der Waals surface area contributed by atoms with Crippen LogP contribution in [0, 0.1) is 5.82 Å². The normalized spacial score (nSPS) is 20.4. The highest BCUT2D eigenvalue weighted by Crippen LogP contribution is 2.23. The lowest BCUT2D eigenvalue weighted by molar-refractivity contribution is -0.0113. The molecule has 0 aliphatic carbocycles. The zero-order chi connectivity index (χ0) is 19.4. The number of carbonyl (C=O) groups excluding carboxylic acids is 1. The summed E-state index contributed by atoms with van der Waals surface area (Å²) in [6.45, 7) is 6.01. The van der Waals surface area contributed by atoms with E-state index in [0.29, 0.717) is 6.61 Å². The second-order valence-electron chi connectivity index (χ2n) is 8.05. The van der Waals surface area contributed by atoms with E-state index in [1.807, 2.05) is 26.8 Å². The Hall–Kier alpha value is -2.21. The van der Waals surface area contributed by atoms with Crippen molar-refractivity contribution < 1.29 is 18.7 Å². The summed E-state index contributed by atoms with van der Waals surface area (Å²) in [4.78, 5) is 16.1. The van der Waals surface area contributed by atoms with Gasteiger partial charge in [0.15, 0.2) is 0 Å². The number of alkyl carbamates (subject to hydrolysis) is 1. The van der Waals surface area contributed by atoms with Crippen molar-refractivity contribution in [3.63, 3.8) is 0 Å². The van der Waals surface area contributed by atoms with Crippen LogP contribution in [0.15, 0.2) is 30.5 Å². The van der Waals surface area contributed by atoms with Crippen LogP contribution in [0.3, 0.4) is 0 Å². The van der Waals surface area contributed by atoms with E-state index in [1.54, 1.807) is 18.3 Å². The molecule has 0 radical (unpaired) electrons. The van der Waals surface area contributed by atoms with E-state index >= 15 is 0 Å². The van der Waals surface area contributed by atoms with Crippen LogP contribution < -0.4 is 5.32 Å². The number of hydrogen-bond donors (Lipinski definition) is 1. The topological polar surface area (TPSA) is 60.5 Å². The summed E-state index contributed by atoms with van der Waals surface area (Å²) in [5.41, 5.74) is 1.38. The highest BCUT2D eigenvalue weighted by molar-refractivity contribution is 5.81. The molecule has 2 atom stereocenters. The van der Waals surface area contributed by atoms with Crippen LogP contribution in [0.25, 0.3) is 10.9 Å². The fraction of sp³-hybridized carbons (Fsp3) is 0.524. The first-order chi connectivity index (χ1) is 12.8.